The molecule has 1 atom stereocenters. The zero-order valence-electron chi connectivity index (χ0n) is 9.64. The van der Waals surface area contributed by atoms with E-state index in [4.69, 9.17) is 5.73 Å². The van der Waals surface area contributed by atoms with E-state index in [1.165, 1.54) is 0 Å². The Morgan fingerprint density at radius 2 is 1.67 bits per heavy atom. The third-order valence-corrected chi connectivity index (χ3v) is 3.26. The van der Waals surface area contributed by atoms with Crippen LogP contribution in [0, 0.1) is 0 Å². The molecule has 0 aliphatic heterocycles. The van der Waals surface area contributed by atoms with Gasteiger partial charge < -0.3 is 11.1 Å². The summed E-state index contributed by atoms with van der Waals surface area (Å²) in [5, 5.41) is 2.80. The monoisotopic (exact) mass is 304 g/mol. The van der Waals surface area contributed by atoms with E-state index < -0.39 is 6.04 Å². The number of amides is 1. The molecule has 92 valence electrons. The van der Waals surface area contributed by atoms with Crippen LogP contribution in [-0.2, 0) is 4.79 Å². The maximum absolute atomic E-state index is 12.0. The van der Waals surface area contributed by atoms with Gasteiger partial charge in [0.2, 0.25) is 5.91 Å². The smallest absolute Gasteiger partial charge is 0.245 e. The van der Waals surface area contributed by atoms with Crippen molar-refractivity contribution in [3.05, 3.63) is 64.6 Å². The molecule has 0 saturated carbocycles. The number of anilines is 1. The lowest BCUT2D eigenvalue weighted by Crippen LogP contribution is -2.27. The van der Waals surface area contributed by atoms with Gasteiger partial charge in [0.1, 0.15) is 6.04 Å². The summed E-state index contributed by atoms with van der Waals surface area (Å²) < 4.78 is 0.832. The minimum Gasteiger partial charge on any atom is -0.323 e. The van der Waals surface area contributed by atoms with E-state index in [0.717, 1.165) is 10.0 Å². The summed E-state index contributed by atoms with van der Waals surface area (Å²) in [5.74, 6) is -0.229. The molecule has 2 aromatic carbocycles. The minimum absolute atomic E-state index is 0.229. The summed E-state index contributed by atoms with van der Waals surface area (Å²) >= 11 is 3.37. The Morgan fingerprint density at radius 1 is 1.06 bits per heavy atom. The highest BCUT2D eigenvalue weighted by atomic mass is 79.9. The molecular formula is C14H13BrN2O. The normalized spacial score (nSPS) is 11.9. The summed E-state index contributed by atoms with van der Waals surface area (Å²) in [4.78, 5) is 12.0. The number of nitrogens with two attached hydrogens (primary N) is 1. The highest BCUT2D eigenvalue weighted by molar-refractivity contribution is 9.10. The lowest BCUT2D eigenvalue weighted by atomic mass is 10.1. The first-order chi connectivity index (χ1) is 8.68. The molecule has 0 spiro atoms. The fraction of sp³-hybridized carbons (Fsp3) is 0.0714. The van der Waals surface area contributed by atoms with Crippen molar-refractivity contribution in [3.8, 4) is 0 Å². The summed E-state index contributed by atoms with van der Waals surface area (Å²) in [7, 11) is 0. The second-order valence-electron chi connectivity index (χ2n) is 3.86. The average molecular weight is 305 g/mol. The molecule has 2 aromatic rings. The van der Waals surface area contributed by atoms with Crippen LogP contribution in [0.3, 0.4) is 0 Å². The molecule has 0 aliphatic rings. The zero-order valence-corrected chi connectivity index (χ0v) is 11.2. The quantitative estimate of drug-likeness (QED) is 0.915. The van der Waals surface area contributed by atoms with Crippen molar-refractivity contribution in [2.45, 2.75) is 6.04 Å². The molecule has 4 heteroatoms. The second-order valence-corrected chi connectivity index (χ2v) is 4.71. The van der Waals surface area contributed by atoms with Gasteiger partial charge in [-0.3, -0.25) is 4.79 Å². The number of nitrogens with one attached hydrogen (secondary N) is 1. The lowest BCUT2D eigenvalue weighted by molar-refractivity contribution is -0.117. The molecule has 0 aromatic heterocycles. The second kappa shape index (κ2) is 5.80. The SMILES string of the molecule is N[C@@H](C(=O)Nc1ccccc1Br)c1ccccc1. The topological polar surface area (TPSA) is 55.1 Å². The number of carbonyl (C=O) groups excluding carboxylic acids is 1. The average Bonchev–Trinajstić information content (AvgIpc) is 2.41. The van der Waals surface area contributed by atoms with Gasteiger partial charge in [-0.25, -0.2) is 0 Å². The third-order valence-electron chi connectivity index (χ3n) is 2.57. The van der Waals surface area contributed by atoms with Gasteiger partial charge in [0.25, 0.3) is 0 Å². The van der Waals surface area contributed by atoms with Crippen LogP contribution >= 0.6 is 15.9 Å². The Kier molecular flexibility index (Phi) is 4.12. The number of rotatable bonds is 3. The highest BCUT2D eigenvalue weighted by Crippen LogP contribution is 2.22. The van der Waals surface area contributed by atoms with E-state index in [9.17, 15) is 4.79 Å². The number of benzene rings is 2. The summed E-state index contributed by atoms with van der Waals surface area (Å²) in [6.07, 6.45) is 0. The highest BCUT2D eigenvalue weighted by Gasteiger charge is 2.16. The van der Waals surface area contributed by atoms with E-state index in [-0.39, 0.29) is 5.91 Å². The van der Waals surface area contributed by atoms with Crippen molar-refractivity contribution in [2.24, 2.45) is 5.73 Å². The van der Waals surface area contributed by atoms with E-state index in [1.54, 1.807) is 0 Å². The Morgan fingerprint density at radius 3 is 2.33 bits per heavy atom. The first-order valence-electron chi connectivity index (χ1n) is 5.54. The molecule has 0 aliphatic carbocycles. The fourth-order valence-electron chi connectivity index (χ4n) is 1.58. The molecule has 0 heterocycles. The van der Waals surface area contributed by atoms with Crippen molar-refractivity contribution >= 4 is 27.5 Å². The van der Waals surface area contributed by atoms with Gasteiger partial charge in [0.05, 0.1) is 5.69 Å². The molecule has 0 fully saturated rings. The van der Waals surface area contributed by atoms with Crippen molar-refractivity contribution in [1.29, 1.82) is 0 Å². The van der Waals surface area contributed by atoms with Crippen molar-refractivity contribution in [1.82, 2.24) is 0 Å². The van der Waals surface area contributed by atoms with Crippen LogP contribution in [0.2, 0.25) is 0 Å². The number of halogens is 1. The number of hydrogen-bond acceptors (Lipinski definition) is 2. The predicted molar refractivity (Wildman–Crippen MR) is 76.1 cm³/mol. The van der Waals surface area contributed by atoms with E-state index >= 15 is 0 Å². The van der Waals surface area contributed by atoms with Crippen LogP contribution in [0.25, 0.3) is 0 Å². The summed E-state index contributed by atoms with van der Waals surface area (Å²) in [5.41, 5.74) is 7.42. The number of hydrogen-bond donors (Lipinski definition) is 2. The number of para-hydroxylation sites is 1. The Hall–Kier alpha value is -1.65. The van der Waals surface area contributed by atoms with E-state index in [2.05, 4.69) is 21.2 Å². The van der Waals surface area contributed by atoms with Crippen LogP contribution in [0.15, 0.2) is 59.1 Å². The Bertz CT molecular complexity index is 543. The van der Waals surface area contributed by atoms with Gasteiger partial charge in [0, 0.05) is 4.47 Å². The minimum atomic E-state index is -0.668. The largest absolute Gasteiger partial charge is 0.323 e. The van der Waals surface area contributed by atoms with Crippen LogP contribution in [0.4, 0.5) is 5.69 Å². The molecule has 1 amide bonds. The Labute approximate surface area is 114 Å². The maximum Gasteiger partial charge on any atom is 0.245 e. The summed E-state index contributed by atoms with van der Waals surface area (Å²) in [6, 6.07) is 16.0. The van der Waals surface area contributed by atoms with Crippen molar-refractivity contribution in [3.63, 3.8) is 0 Å². The van der Waals surface area contributed by atoms with Crippen molar-refractivity contribution in [2.75, 3.05) is 5.32 Å². The first kappa shape index (κ1) is 12.8. The standard InChI is InChI=1S/C14H13BrN2O/c15-11-8-4-5-9-12(11)17-14(18)13(16)10-6-2-1-3-7-10/h1-9,13H,16H2,(H,17,18)/t13-/m1/s1. The lowest BCUT2D eigenvalue weighted by Gasteiger charge is -2.13. The molecular weight excluding hydrogens is 292 g/mol. The maximum atomic E-state index is 12.0. The molecule has 0 saturated heterocycles. The van der Waals surface area contributed by atoms with Crippen LogP contribution in [0.5, 0.6) is 0 Å². The number of carbonyl (C=O) groups is 1. The van der Waals surface area contributed by atoms with Gasteiger partial charge in [-0.15, -0.1) is 0 Å². The molecule has 0 bridgehead atoms. The van der Waals surface area contributed by atoms with Gasteiger partial charge in [0.15, 0.2) is 0 Å². The van der Waals surface area contributed by atoms with Crippen LogP contribution in [0.1, 0.15) is 11.6 Å². The van der Waals surface area contributed by atoms with Crippen molar-refractivity contribution < 1.29 is 4.79 Å². The fourth-order valence-corrected chi connectivity index (χ4v) is 1.97. The van der Waals surface area contributed by atoms with Crippen LogP contribution < -0.4 is 11.1 Å². The van der Waals surface area contributed by atoms with E-state index in [0.29, 0.717) is 5.69 Å². The van der Waals surface area contributed by atoms with Gasteiger partial charge >= 0.3 is 0 Å². The first-order valence-corrected chi connectivity index (χ1v) is 6.33. The van der Waals surface area contributed by atoms with Gasteiger partial charge in [-0.1, -0.05) is 42.5 Å². The van der Waals surface area contributed by atoms with Gasteiger partial charge in [-0.2, -0.15) is 0 Å². The molecule has 3 nitrogen and oxygen atoms in total. The molecule has 18 heavy (non-hydrogen) atoms. The molecule has 3 N–H and O–H groups in total. The predicted octanol–water partition coefficient (Wildman–Crippen LogP) is 3.09. The third kappa shape index (κ3) is 2.97. The zero-order chi connectivity index (χ0) is 13.0. The van der Waals surface area contributed by atoms with Crippen LogP contribution in [-0.4, -0.2) is 5.91 Å². The van der Waals surface area contributed by atoms with Gasteiger partial charge in [-0.05, 0) is 33.6 Å². The molecule has 0 unspecified atom stereocenters. The molecule has 2 rings (SSSR count). The molecule has 0 radical (unpaired) electrons. The summed E-state index contributed by atoms with van der Waals surface area (Å²) in [6.45, 7) is 0. The Balaban J connectivity index is 2.12. The van der Waals surface area contributed by atoms with E-state index in [1.807, 2.05) is 54.6 Å².